The summed E-state index contributed by atoms with van der Waals surface area (Å²) >= 11 is 5.78. The van der Waals surface area contributed by atoms with Crippen molar-refractivity contribution in [1.82, 2.24) is 4.90 Å². The molecule has 0 spiro atoms. The second kappa shape index (κ2) is 6.94. The number of benzene rings is 1. The van der Waals surface area contributed by atoms with Gasteiger partial charge in [-0.3, -0.25) is 4.79 Å². The second-order valence-corrected chi connectivity index (χ2v) is 4.18. The second-order valence-electron chi connectivity index (χ2n) is 3.78. The molecule has 1 aromatic carbocycles. The predicted molar refractivity (Wildman–Crippen MR) is 69.9 cm³/mol. The number of hydrogen-bond donors (Lipinski definition) is 2. The number of nitrogens with zero attached hydrogens (tertiary/aromatic N) is 1. The Kier molecular flexibility index (Phi) is 5.57. The number of carboxylic acids is 1. The molecule has 0 heterocycles. The fraction of sp³-hybridized carbons (Fsp3) is 0.333. The molecule has 104 valence electrons. The summed E-state index contributed by atoms with van der Waals surface area (Å²) in [6, 6.07) is 3.14. The first-order valence-corrected chi connectivity index (χ1v) is 6.04. The molecule has 0 atom stereocenters. The fourth-order valence-corrected chi connectivity index (χ4v) is 1.63. The summed E-state index contributed by atoms with van der Waals surface area (Å²) in [4.78, 5) is 23.7. The van der Waals surface area contributed by atoms with Gasteiger partial charge in [-0.1, -0.05) is 11.6 Å². The summed E-state index contributed by atoms with van der Waals surface area (Å²) in [7, 11) is 0. The Morgan fingerprint density at radius 2 is 2.16 bits per heavy atom. The van der Waals surface area contributed by atoms with Crippen molar-refractivity contribution in [3.8, 4) is 0 Å². The third-order valence-electron chi connectivity index (χ3n) is 2.44. The molecule has 0 bridgehead atoms. The molecule has 0 aliphatic rings. The highest BCUT2D eigenvalue weighted by Gasteiger charge is 2.14. The standard InChI is InChI=1S/C12H14ClFN2O3/c1-2-16(6-5-11(17)18)12(19)15-10-4-3-8(14)7-9(10)13/h3-4,7H,2,5-6H2,1H3,(H,15,19)(H,17,18). The zero-order valence-corrected chi connectivity index (χ0v) is 11.1. The molecule has 2 N–H and O–H groups in total. The smallest absolute Gasteiger partial charge is 0.321 e. The molecule has 0 aliphatic carbocycles. The van der Waals surface area contributed by atoms with E-state index < -0.39 is 17.8 Å². The molecular weight excluding hydrogens is 275 g/mol. The Bertz CT molecular complexity index is 482. The number of hydrogen-bond acceptors (Lipinski definition) is 2. The highest BCUT2D eigenvalue weighted by Crippen LogP contribution is 2.22. The van der Waals surface area contributed by atoms with Crippen molar-refractivity contribution in [2.75, 3.05) is 18.4 Å². The summed E-state index contributed by atoms with van der Waals surface area (Å²) in [5.74, 6) is -1.48. The number of rotatable bonds is 5. The van der Waals surface area contributed by atoms with E-state index in [1.807, 2.05) is 0 Å². The van der Waals surface area contributed by atoms with Crippen molar-refractivity contribution in [3.05, 3.63) is 29.0 Å². The molecule has 19 heavy (non-hydrogen) atoms. The van der Waals surface area contributed by atoms with Crippen molar-refractivity contribution < 1.29 is 19.1 Å². The molecule has 0 fully saturated rings. The summed E-state index contributed by atoms with van der Waals surface area (Å²) in [5, 5.41) is 11.2. The normalized spacial score (nSPS) is 10.1. The van der Waals surface area contributed by atoms with Gasteiger partial charge in [0.25, 0.3) is 0 Å². The molecule has 2 amide bonds. The molecule has 0 saturated heterocycles. The molecule has 0 aromatic heterocycles. The molecule has 0 saturated carbocycles. The van der Waals surface area contributed by atoms with Crippen molar-refractivity contribution >= 4 is 29.3 Å². The van der Waals surface area contributed by atoms with E-state index in [9.17, 15) is 14.0 Å². The number of amides is 2. The van der Waals surface area contributed by atoms with Gasteiger partial charge in [-0.2, -0.15) is 0 Å². The Balaban J connectivity index is 2.68. The average Bonchev–Trinajstić information content (AvgIpc) is 2.33. The van der Waals surface area contributed by atoms with Gasteiger partial charge in [-0.15, -0.1) is 0 Å². The van der Waals surface area contributed by atoms with Crippen LogP contribution in [-0.4, -0.2) is 35.1 Å². The first kappa shape index (κ1) is 15.2. The Morgan fingerprint density at radius 3 is 2.68 bits per heavy atom. The van der Waals surface area contributed by atoms with E-state index in [1.165, 1.54) is 17.0 Å². The lowest BCUT2D eigenvalue weighted by atomic mass is 10.3. The van der Waals surface area contributed by atoms with E-state index >= 15 is 0 Å². The maximum absolute atomic E-state index is 12.8. The number of halogens is 2. The van der Waals surface area contributed by atoms with Crippen LogP contribution in [0.4, 0.5) is 14.9 Å². The molecule has 1 aromatic rings. The van der Waals surface area contributed by atoms with Gasteiger partial charge in [-0.25, -0.2) is 9.18 Å². The van der Waals surface area contributed by atoms with Crippen LogP contribution in [0.1, 0.15) is 13.3 Å². The van der Waals surface area contributed by atoms with E-state index in [-0.39, 0.29) is 23.7 Å². The van der Waals surface area contributed by atoms with Gasteiger partial charge < -0.3 is 15.3 Å². The van der Waals surface area contributed by atoms with Gasteiger partial charge in [0, 0.05) is 13.1 Å². The van der Waals surface area contributed by atoms with Crippen LogP contribution < -0.4 is 5.32 Å². The fourth-order valence-electron chi connectivity index (χ4n) is 1.42. The number of anilines is 1. The largest absolute Gasteiger partial charge is 0.481 e. The van der Waals surface area contributed by atoms with Crippen LogP contribution in [-0.2, 0) is 4.79 Å². The minimum Gasteiger partial charge on any atom is -0.481 e. The minimum absolute atomic E-state index is 0.0858. The number of carbonyl (C=O) groups is 2. The SMILES string of the molecule is CCN(CCC(=O)O)C(=O)Nc1ccc(F)cc1Cl. The number of carboxylic acid groups (broad SMARTS) is 1. The van der Waals surface area contributed by atoms with Crippen LogP contribution in [0.2, 0.25) is 5.02 Å². The Hall–Kier alpha value is -1.82. The van der Waals surface area contributed by atoms with Gasteiger partial charge in [0.1, 0.15) is 5.82 Å². The monoisotopic (exact) mass is 288 g/mol. The van der Waals surface area contributed by atoms with E-state index in [1.54, 1.807) is 6.92 Å². The van der Waals surface area contributed by atoms with Crippen LogP contribution in [0.5, 0.6) is 0 Å². The quantitative estimate of drug-likeness (QED) is 0.875. The maximum Gasteiger partial charge on any atom is 0.321 e. The van der Waals surface area contributed by atoms with Crippen LogP contribution in [0.3, 0.4) is 0 Å². The number of carbonyl (C=O) groups excluding carboxylic acids is 1. The first-order chi connectivity index (χ1) is 8.93. The van der Waals surface area contributed by atoms with Gasteiger partial charge >= 0.3 is 12.0 Å². The number of aliphatic carboxylic acids is 1. The van der Waals surface area contributed by atoms with Gasteiger partial charge in [0.05, 0.1) is 17.1 Å². The molecule has 0 aliphatic heterocycles. The summed E-state index contributed by atoms with van der Waals surface area (Å²) < 4.78 is 12.8. The van der Waals surface area contributed by atoms with E-state index in [0.29, 0.717) is 6.54 Å². The molecule has 1 rings (SSSR count). The van der Waals surface area contributed by atoms with Crippen molar-refractivity contribution in [3.63, 3.8) is 0 Å². The summed E-state index contributed by atoms with van der Waals surface area (Å²) in [6.07, 6.45) is -0.140. The van der Waals surface area contributed by atoms with Crippen LogP contribution >= 0.6 is 11.6 Å². The molecule has 0 unspecified atom stereocenters. The minimum atomic E-state index is -0.980. The molecular formula is C12H14ClFN2O3. The highest BCUT2D eigenvalue weighted by atomic mass is 35.5. The average molecular weight is 289 g/mol. The van der Waals surface area contributed by atoms with Crippen LogP contribution in [0.15, 0.2) is 18.2 Å². The van der Waals surface area contributed by atoms with Gasteiger partial charge in [0.15, 0.2) is 0 Å². The van der Waals surface area contributed by atoms with E-state index in [2.05, 4.69) is 5.32 Å². The maximum atomic E-state index is 12.8. The number of nitrogens with one attached hydrogen (secondary N) is 1. The molecule has 5 nitrogen and oxygen atoms in total. The zero-order valence-electron chi connectivity index (χ0n) is 10.3. The van der Waals surface area contributed by atoms with E-state index in [4.69, 9.17) is 16.7 Å². The number of urea groups is 1. The zero-order chi connectivity index (χ0) is 14.4. The lowest BCUT2D eigenvalue weighted by Gasteiger charge is -2.20. The molecule has 0 radical (unpaired) electrons. The first-order valence-electron chi connectivity index (χ1n) is 5.66. The van der Waals surface area contributed by atoms with Crippen LogP contribution in [0, 0.1) is 5.82 Å². The summed E-state index contributed by atoms with van der Waals surface area (Å²) in [6.45, 7) is 2.18. The highest BCUT2D eigenvalue weighted by molar-refractivity contribution is 6.33. The van der Waals surface area contributed by atoms with Gasteiger partial charge in [0.2, 0.25) is 0 Å². The Morgan fingerprint density at radius 1 is 1.47 bits per heavy atom. The third-order valence-corrected chi connectivity index (χ3v) is 2.75. The van der Waals surface area contributed by atoms with Gasteiger partial charge in [-0.05, 0) is 25.1 Å². The van der Waals surface area contributed by atoms with Crippen LogP contribution in [0.25, 0.3) is 0 Å². The third kappa shape index (κ3) is 4.75. The van der Waals surface area contributed by atoms with E-state index in [0.717, 1.165) is 6.07 Å². The lowest BCUT2D eigenvalue weighted by molar-refractivity contribution is -0.137. The lowest BCUT2D eigenvalue weighted by Crippen LogP contribution is -2.36. The Labute approximate surface area is 115 Å². The topological polar surface area (TPSA) is 69.6 Å². The molecule has 7 heteroatoms. The van der Waals surface area contributed by atoms with Crippen molar-refractivity contribution in [1.29, 1.82) is 0 Å². The predicted octanol–water partition coefficient (Wildman–Crippen LogP) is 2.81. The van der Waals surface area contributed by atoms with Crippen molar-refractivity contribution in [2.24, 2.45) is 0 Å². The summed E-state index contributed by atoms with van der Waals surface area (Å²) in [5.41, 5.74) is 0.279. The van der Waals surface area contributed by atoms with Crippen molar-refractivity contribution in [2.45, 2.75) is 13.3 Å².